The smallest absolute Gasteiger partial charge is 0.275 e. The molecule has 2 heterocycles. The molecule has 2 aliphatic rings. The van der Waals surface area contributed by atoms with Gasteiger partial charge in [-0.15, -0.1) is 0 Å². The van der Waals surface area contributed by atoms with E-state index in [9.17, 15) is 9.59 Å². The van der Waals surface area contributed by atoms with Gasteiger partial charge in [0, 0.05) is 27.7 Å². The fourth-order valence-electron chi connectivity index (χ4n) is 4.23. The van der Waals surface area contributed by atoms with Crippen LogP contribution in [0.4, 0.5) is 0 Å². The molecule has 0 aromatic heterocycles. The van der Waals surface area contributed by atoms with Gasteiger partial charge in [-0.3, -0.25) is 9.59 Å². The second-order valence-corrected chi connectivity index (χ2v) is 8.91. The second-order valence-electron chi connectivity index (χ2n) is 8.07. The third kappa shape index (κ3) is 3.89. The van der Waals surface area contributed by atoms with Crippen molar-refractivity contribution in [2.45, 2.75) is 25.4 Å². The third-order valence-electron chi connectivity index (χ3n) is 5.81. The van der Waals surface area contributed by atoms with E-state index in [1.165, 1.54) is 0 Å². The van der Waals surface area contributed by atoms with E-state index in [1.807, 2.05) is 14.0 Å². The summed E-state index contributed by atoms with van der Waals surface area (Å²) >= 11 is 12.1. The van der Waals surface area contributed by atoms with Crippen molar-refractivity contribution < 1.29 is 9.59 Å². The highest BCUT2D eigenvalue weighted by atomic mass is 35.5. The summed E-state index contributed by atoms with van der Waals surface area (Å²) in [5.74, 6) is -0.338. The highest BCUT2D eigenvalue weighted by Crippen LogP contribution is 2.35. The summed E-state index contributed by atoms with van der Waals surface area (Å²) in [6, 6.07) is 12.3. The summed E-state index contributed by atoms with van der Waals surface area (Å²) in [5.41, 5.74) is 1.76. The number of likely N-dealkylation sites (N-methyl/N-ethyl adjacent to an activating group) is 1. The summed E-state index contributed by atoms with van der Waals surface area (Å²) in [4.78, 5) is 35.2. The number of hydrogen-bond acceptors (Lipinski definition) is 4. The highest BCUT2D eigenvalue weighted by molar-refractivity contribution is 6.47. The zero-order valence-corrected chi connectivity index (χ0v) is 18.5. The number of nitrogens with zero attached hydrogens (tertiary/aromatic N) is 3. The van der Waals surface area contributed by atoms with E-state index in [0.717, 1.165) is 24.9 Å². The SMILES string of the molecule is Cc1cc(C(=O)CN2C(=O)C(c3ccc(Cl)cc3)=NC23CCCN(C)C3)ccc1Cl. The first kappa shape index (κ1) is 21.0. The minimum Gasteiger partial charge on any atom is -0.304 e. The summed E-state index contributed by atoms with van der Waals surface area (Å²) in [6.07, 6.45) is 1.64. The molecule has 0 aliphatic carbocycles. The molecule has 7 heteroatoms. The summed E-state index contributed by atoms with van der Waals surface area (Å²) in [7, 11) is 2.02. The van der Waals surface area contributed by atoms with Crippen molar-refractivity contribution in [3.63, 3.8) is 0 Å². The number of aryl methyl sites for hydroxylation is 1. The zero-order chi connectivity index (χ0) is 21.5. The predicted octanol–water partition coefficient (Wildman–Crippen LogP) is 4.24. The number of benzene rings is 2. The molecule has 2 aliphatic heterocycles. The van der Waals surface area contributed by atoms with Crippen molar-refractivity contribution in [1.82, 2.24) is 9.80 Å². The van der Waals surface area contributed by atoms with Crippen LogP contribution in [0.5, 0.6) is 0 Å². The zero-order valence-electron chi connectivity index (χ0n) is 17.0. The number of hydrogen-bond donors (Lipinski definition) is 0. The van der Waals surface area contributed by atoms with Gasteiger partial charge in [0.15, 0.2) is 5.78 Å². The number of halogens is 2. The van der Waals surface area contributed by atoms with E-state index in [2.05, 4.69) is 4.90 Å². The van der Waals surface area contributed by atoms with Crippen LogP contribution >= 0.6 is 23.2 Å². The van der Waals surface area contributed by atoms with Crippen LogP contribution in [-0.2, 0) is 4.79 Å². The van der Waals surface area contributed by atoms with Gasteiger partial charge in [-0.25, -0.2) is 4.99 Å². The van der Waals surface area contributed by atoms with Gasteiger partial charge in [0.2, 0.25) is 0 Å². The fourth-order valence-corrected chi connectivity index (χ4v) is 4.48. The van der Waals surface area contributed by atoms with Gasteiger partial charge in [-0.1, -0.05) is 35.3 Å². The van der Waals surface area contributed by atoms with Gasteiger partial charge in [-0.2, -0.15) is 0 Å². The molecule has 0 radical (unpaired) electrons. The maximum Gasteiger partial charge on any atom is 0.275 e. The Morgan fingerprint density at radius 2 is 1.90 bits per heavy atom. The lowest BCUT2D eigenvalue weighted by Gasteiger charge is -2.42. The Balaban J connectivity index is 1.68. The standard InChI is InChI=1S/C23H23Cl2N3O2/c1-15-12-17(6-9-19(15)25)20(29)13-28-22(30)21(16-4-7-18(24)8-5-16)26-23(28)10-3-11-27(2)14-23/h4-9,12H,3,10-11,13-14H2,1-2H3. The Bertz CT molecular complexity index is 1040. The van der Waals surface area contributed by atoms with E-state index >= 15 is 0 Å². The molecule has 1 atom stereocenters. The molecule has 1 fully saturated rings. The molecule has 2 aromatic rings. The molecular weight excluding hydrogens is 421 g/mol. The fraction of sp³-hybridized carbons (Fsp3) is 0.348. The molecular formula is C23H23Cl2N3O2. The second kappa shape index (κ2) is 8.14. The van der Waals surface area contributed by atoms with Crippen molar-refractivity contribution in [2.24, 2.45) is 4.99 Å². The van der Waals surface area contributed by atoms with E-state index in [4.69, 9.17) is 28.2 Å². The van der Waals surface area contributed by atoms with Crippen molar-refractivity contribution >= 4 is 40.6 Å². The predicted molar refractivity (Wildman–Crippen MR) is 120 cm³/mol. The number of aliphatic imine (C=N–C) groups is 1. The van der Waals surface area contributed by atoms with E-state index in [-0.39, 0.29) is 18.2 Å². The summed E-state index contributed by atoms with van der Waals surface area (Å²) < 4.78 is 0. The van der Waals surface area contributed by atoms with Crippen LogP contribution in [0.2, 0.25) is 10.0 Å². The Morgan fingerprint density at radius 3 is 2.57 bits per heavy atom. The molecule has 0 bridgehead atoms. The third-order valence-corrected chi connectivity index (χ3v) is 6.49. The largest absolute Gasteiger partial charge is 0.304 e. The summed E-state index contributed by atoms with van der Waals surface area (Å²) in [6.45, 7) is 3.39. The monoisotopic (exact) mass is 443 g/mol. The van der Waals surface area contributed by atoms with Crippen LogP contribution in [-0.4, -0.2) is 59.5 Å². The maximum atomic E-state index is 13.4. The highest BCUT2D eigenvalue weighted by Gasteiger charge is 2.49. The Labute approximate surface area is 186 Å². The van der Waals surface area contributed by atoms with Gasteiger partial charge >= 0.3 is 0 Å². The van der Waals surface area contributed by atoms with Gasteiger partial charge in [-0.05, 0) is 69.3 Å². The van der Waals surface area contributed by atoms with E-state index < -0.39 is 5.66 Å². The van der Waals surface area contributed by atoms with Crippen molar-refractivity contribution in [3.05, 3.63) is 69.2 Å². The molecule has 0 saturated carbocycles. The molecule has 1 unspecified atom stereocenters. The Kier molecular flexibility index (Phi) is 5.71. The Morgan fingerprint density at radius 1 is 1.17 bits per heavy atom. The normalized spacial score (nSPS) is 21.9. The molecule has 1 spiro atoms. The topological polar surface area (TPSA) is 53.0 Å². The molecule has 4 rings (SSSR count). The number of carbonyl (C=O) groups excluding carboxylic acids is 2. The molecule has 1 amide bonds. The number of likely N-dealkylation sites (tertiary alicyclic amines) is 1. The van der Waals surface area contributed by atoms with E-state index in [1.54, 1.807) is 47.4 Å². The average molecular weight is 444 g/mol. The number of Topliss-reactive ketones (excluding diaryl/α,β-unsaturated/α-hetero) is 1. The average Bonchev–Trinajstić information content (AvgIpc) is 2.96. The summed E-state index contributed by atoms with van der Waals surface area (Å²) in [5, 5.41) is 1.21. The van der Waals surface area contributed by atoms with Gasteiger partial charge < -0.3 is 9.80 Å². The number of amides is 1. The number of ketones is 1. The number of piperidine rings is 1. The minimum absolute atomic E-state index is 0.0195. The van der Waals surface area contributed by atoms with Crippen molar-refractivity contribution in [1.29, 1.82) is 0 Å². The minimum atomic E-state index is -0.726. The van der Waals surface area contributed by atoms with Crippen LogP contribution in [0.1, 0.15) is 34.3 Å². The molecule has 0 N–H and O–H groups in total. The van der Waals surface area contributed by atoms with Crippen molar-refractivity contribution in [2.75, 3.05) is 26.7 Å². The van der Waals surface area contributed by atoms with Crippen LogP contribution < -0.4 is 0 Å². The van der Waals surface area contributed by atoms with Gasteiger partial charge in [0.1, 0.15) is 11.4 Å². The molecule has 5 nitrogen and oxygen atoms in total. The first-order valence-corrected chi connectivity index (χ1v) is 10.7. The maximum absolute atomic E-state index is 13.4. The number of rotatable bonds is 4. The van der Waals surface area contributed by atoms with Gasteiger partial charge in [0.25, 0.3) is 5.91 Å². The van der Waals surface area contributed by atoms with Crippen LogP contribution in [0, 0.1) is 6.92 Å². The van der Waals surface area contributed by atoms with Gasteiger partial charge in [0.05, 0.1) is 6.54 Å². The van der Waals surface area contributed by atoms with Crippen LogP contribution in [0.25, 0.3) is 0 Å². The van der Waals surface area contributed by atoms with E-state index in [0.29, 0.717) is 33.4 Å². The van der Waals surface area contributed by atoms with Crippen LogP contribution in [0.15, 0.2) is 47.5 Å². The number of carbonyl (C=O) groups is 2. The molecule has 30 heavy (non-hydrogen) atoms. The molecule has 156 valence electrons. The van der Waals surface area contributed by atoms with Crippen LogP contribution in [0.3, 0.4) is 0 Å². The lowest BCUT2D eigenvalue weighted by atomic mass is 9.97. The van der Waals surface area contributed by atoms with Crippen molar-refractivity contribution in [3.8, 4) is 0 Å². The first-order valence-electron chi connectivity index (χ1n) is 9.95. The Hall–Kier alpha value is -2.21. The quantitative estimate of drug-likeness (QED) is 0.663. The molecule has 1 saturated heterocycles. The first-order chi connectivity index (χ1) is 14.3. The molecule has 2 aromatic carbocycles. The lowest BCUT2D eigenvalue weighted by Crippen LogP contribution is -2.57. The lowest BCUT2D eigenvalue weighted by molar-refractivity contribution is -0.128.